The van der Waals surface area contributed by atoms with Crippen LogP contribution in [0.25, 0.3) is 0 Å². The molecule has 31 heavy (non-hydrogen) atoms. The van der Waals surface area contributed by atoms with Gasteiger partial charge in [0.05, 0.1) is 6.10 Å². The van der Waals surface area contributed by atoms with E-state index >= 15 is 0 Å². The molecular formula is C24H36N6O. The van der Waals surface area contributed by atoms with Crippen LogP contribution in [0.1, 0.15) is 67.9 Å². The smallest absolute Gasteiger partial charge is 0.191 e. The lowest BCUT2D eigenvalue weighted by Gasteiger charge is -2.32. The maximum absolute atomic E-state index is 6.18. The predicted octanol–water partition coefficient (Wildman–Crippen LogP) is 3.54. The number of ether oxygens (including phenoxy) is 1. The van der Waals surface area contributed by atoms with Crippen LogP contribution in [-0.4, -0.2) is 40.4 Å². The molecule has 1 aromatic heterocycles. The maximum Gasteiger partial charge on any atom is 0.191 e. The van der Waals surface area contributed by atoms with Crippen molar-refractivity contribution in [3.63, 3.8) is 0 Å². The van der Waals surface area contributed by atoms with Crippen LogP contribution < -0.4 is 10.6 Å². The molecule has 0 bridgehead atoms. The third-order valence-corrected chi connectivity index (χ3v) is 6.29. The molecule has 4 rings (SSSR count). The zero-order valence-electron chi connectivity index (χ0n) is 18.9. The molecule has 168 valence electrons. The Kier molecular flexibility index (Phi) is 7.57. The van der Waals surface area contributed by atoms with Crippen LogP contribution in [0.2, 0.25) is 0 Å². The summed E-state index contributed by atoms with van der Waals surface area (Å²) >= 11 is 0. The fourth-order valence-electron chi connectivity index (χ4n) is 4.56. The van der Waals surface area contributed by atoms with Crippen LogP contribution in [0.5, 0.6) is 0 Å². The molecule has 0 aliphatic carbocycles. The largest absolute Gasteiger partial charge is 0.373 e. The van der Waals surface area contributed by atoms with Gasteiger partial charge in [0.2, 0.25) is 0 Å². The highest BCUT2D eigenvalue weighted by atomic mass is 16.5. The summed E-state index contributed by atoms with van der Waals surface area (Å²) < 4.78 is 8.45. The second-order valence-corrected chi connectivity index (χ2v) is 8.68. The van der Waals surface area contributed by atoms with Gasteiger partial charge >= 0.3 is 0 Å². The van der Waals surface area contributed by atoms with Crippen molar-refractivity contribution in [1.82, 2.24) is 25.4 Å². The van der Waals surface area contributed by atoms with Gasteiger partial charge in [-0.2, -0.15) is 0 Å². The predicted molar refractivity (Wildman–Crippen MR) is 123 cm³/mol. The Labute approximate surface area is 185 Å². The van der Waals surface area contributed by atoms with Gasteiger partial charge in [-0.05, 0) is 45.1 Å². The monoisotopic (exact) mass is 424 g/mol. The van der Waals surface area contributed by atoms with E-state index < -0.39 is 0 Å². The average molecular weight is 425 g/mol. The normalized spacial score (nSPS) is 21.9. The zero-order valence-corrected chi connectivity index (χ0v) is 18.9. The molecule has 0 spiro atoms. The Balaban J connectivity index is 1.40. The molecule has 7 heteroatoms. The second kappa shape index (κ2) is 10.8. The van der Waals surface area contributed by atoms with Gasteiger partial charge in [-0.15, -0.1) is 10.2 Å². The highest BCUT2D eigenvalue weighted by Crippen LogP contribution is 2.33. The molecule has 2 aliphatic heterocycles. The molecule has 2 atom stereocenters. The van der Waals surface area contributed by atoms with E-state index in [1.54, 1.807) is 0 Å². The Bertz CT molecular complexity index is 859. The minimum absolute atomic E-state index is 0.136. The first-order valence-electron chi connectivity index (χ1n) is 11.9. The zero-order chi connectivity index (χ0) is 21.5. The van der Waals surface area contributed by atoms with Crippen LogP contribution in [0.3, 0.4) is 0 Å². The number of hydrogen-bond donors (Lipinski definition) is 2. The highest BCUT2D eigenvalue weighted by Gasteiger charge is 2.27. The summed E-state index contributed by atoms with van der Waals surface area (Å²) in [6.45, 7) is 8.27. The molecule has 3 heterocycles. The molecule has 1 fully saturated rings. The third-order valence-electron chi connectivity index (χ3n) is 6.29. The van der Waals surface area contributed by atoms with E-state index in [1.165, 1.54) is 30.4 Å². The van der Waals surface area contributed by atoms with Crippen molar-refractivity contribution in [2.24, 2.45) is 10.9 Å². The topological polar surface area (TPSA) is 76.4 Å². The summed E-state index contributed by atoms with van der Waals surface area (Å²) in [6, 6.07) is 8.75. The summed E-state index contributed by atoms with van der Waals surface area (Å²) in [6.07, 6.45) is 7.09. The first kappa shape index (κ1) is 21.8. The van der Waals surface area contributed by atoms with Crippen molar-refractivity contribution in [2.45, 2.75) is 71.6 Å². The number of nitrogens with zero attached hydrogens (tertiary/aromatic N) is 4. The first-order valence-corrected chi connectivity index (χ1v) is 11.9. The standard InChI is InChI=1S/C24H36N6O/c1-3-25-24(27-17-22-29-28-21-9-5-4-6-14-30(21)22)26-16-20-8-7-15-31-23(20)19-12-10-18(2)11-13-19/h10-13,20,23H,3-9,14-17H2,1-2H3,(H2,25,26,27). The van der Waals surface area contributed by atoms with Crippen LogP contribution in [0.4, 0.5) is 0 Å². The van der Waals surface area contributed by atoms with Gasteiger partial charge in [0.25, 0.3) is 0 Å². The Morgan fingerprint density at radius 1 is 1.13 bits per heavy atom. The molecule has 2 aromatic rings. The molecule has 1 saturated heterocycles. The van der Waals surface area contributed by atoms with E-state index in [4.69, 9.17) is 9.73 Å². The van der Waals surface area contributed by atoms with Crippen molar-refractivity contribution < 1.29 is 4.74 Å². The molecule has 2 unspecified atom stereocenters. The highest BCUT2D eigenvalue weighted by molar-refractivity contribution is 5.79. The van der Waals surface area contributed by atoms with E-state index in [1.807, 2.05) is 0 Å². The summed E-state index contributed by atoms with van der Waals surface area (Å²) in [5.41, 5.74) is 2.55. The van der Waals surface area contributed by atoms with Crippen molar-refractivity contribution in [3.8, 4) is 0 Å². The number of aliphatic imine (C=N–C) groups is 1. The number of nitrogens with one attached hydrogen (secondary N) is 2. The van der Waals surface area contributed by atoms with E-state index in [0.717, 1.165) is 63.1 Å². The summed E-state index contributed by atoms with van der Waals surface area (Å²) in [5, 5.41) is 15.7. The van der Waals surface area contributed by atoms with Crippen LogP contribution in [-0.2, 0) is 24.2 Å². The number of rotatable bonds is 6. The summed E-state index contributed by atoms with van der Waals surface area (Å²) in [4.78, 5) is 4.82. The van der Waals surface area contributed by atoms with Gasteiger partial charge in [0, 0.05) is 38.6 Å². The SMILES string of the molecule is CCNC(=NCc1nnc2n1CCCCC2)NCC1CCCOC1c1ccc(C)cc1. The van der Waals surface area contributed by atoms with E-state index in [9.17, 15) is 0 Å². The number of aromatic nitrogens is 3. The molecule has 2 N–H and O–H groups in total. The van der Waals surface area contributed by atoms with Crippen LogP contribution >= 0.6 is 0 Å². The van der Waals surface area contributed by atoms with Crippen LogP contribution in [0.15, 0.2) is 29.3 Å². The van der Waals surface area contributed by atoms with Gasteiger partial charge in [-0.25, -0.2) is 4.99 Å². The molecule has 0 amide bonds. The summed E-state index contributed by atoms with van der Waals surface area (Å²) in [7, 11) is 0. The molecule has 1 aromatic carbocycles. The van der Waals surface area contributed by atoms with Crippen LogP contribution in [0, 0.1) is 12.8 Å². The van der Waals surface area contributed by atoms with Gasteiger partial charge < -0.3 is 19.9 Å². The first-order chi connectivity index (χ1) is 15.2. The molecular weight excluding hydrogens is 388 g/mol. The number of aryl methyl sites for hydroxylation is 2. The second-order valence-electron chi connectivity index (χ2n) is 8.68. The minimum Gasteiger partial charge on any atom is -0.373 e. The lowest BCUT2D eigenvalue weighted by molar-refractivity contribution is -0.0265. The lowest BCUT2D eigenvalue weighted by atomic mass is 9.89. The Morgan fingerprint density at radius 3 is 2.84 bits per heavy atom. The van der Waals surface area contributed by atoms with E-state index in [-0.39, 0.29) is 6.10 Å². The molecule has 0 radical (unpaired) electrons. The number of hydrogen-bond acceptors (Lipinski definition) is 4. The Hall–Kier alpha value is -2.41. The minimum atomic E-state index is 0.136. The van der Waals surface area contributed by atoms with Crippen molar-refractivity contribution in [1.29, 1.82) is 0 Å². The fourth-order valence-corrected chi connectivity index (χ4v) is 4.56. The van der Waals surface area contributed by atoms with E-state index in [0.29, 0.717) is 12.5 Å². The van der Waals surface area contributed by atoms with Crippen molar-refractivity contribution >= 4 is 5.96 Å². The quantitative estimate of drug-likeness (QED) is 0.548. The Morgan fingerprint density at radius 2 is 2.00 bits per heavy atom. The molecule has 0 saturated carbocycles. The lowest BCUT2D eigenvalue weighted by Crippen LogP contribution is -2.42. The number of guanidine groups is 1. The maximum atomic E-state index is 6.18. The summed E-state index contributed by atoms with van der Waals surface area (Å²) in [5.74, 6) is 3.33. The fraction of sp³-hybridized carbons (Fsp3) is 0.625. The number of benzene rings is 1. The van der Waals surface area contributed by atoms with Gasteiger partial charge in [-0.1, -0.05) is 36.2 Å². The van der Waals surface area contributed by atoms with Gasteiger partial charge in [0.1, 0.15) is 12.4 Å². The average Bonchev–Trinajstić information content (AvgIpc) is 3.02. The number of fused-ring (bicyclic) bond motifs is 1. The van der Waals surface area contributed by atoms with Crippen molar-refractivity contribution in [2.75, 3.05) is 19.7 Å². The van der Waals surface area contributed by atoms with Gasteiger partial charge in [-0.3, -0.25) is 0 Å². The molecule has 7 nitrogen and oxygen atoms in total. The molecule has 2 aliphatic rings. The van der Waals surface area contributed by atoms with Crippen molar-refractivity contribution in [3.05, 3.63) is 47.0 Å². The van der Waals surface area contributed by atoms with E-state index in [2.05, 4.69) is 63.5 Å². The third kappa shape index (κ3) is 5.64. The van der Waals surface area contributed by atoms with Gasteiger partial charge in [0.15, 0.2) is 11.8 Å².